The summed E-state index contributed by atoms with van der Waals surface area (Å²) in [7, 11) is 0. The Morgan fingerprint density at radius 2 is 1.66 bits per heavy atom. The number of carbonyl (C=O) groups is 1. The largest absolute Gasteiger partial charge is 0.489 e. The summed E-state index contributed by atoms with van der Waals surface area (Å²) in [6.45, 7) is 0.514. The third kappa shape index (κ3) is 4.70. The average Bonchev–Trinajstić information content (AvgIpc) is 3.02. The van der Waals surface area contributed by atoms with Crippen molar-refractivity contribution in [1.29, 1.82) is 0 Å². The average molecular weight is 438 g/mol. The Morgan fingerprint density at radius 3 is 2.34 bits per heavy atom. The Hall–Kier alpha value is -2.60. The predicted molar refractivity (Wildman–Crippen MR) is 124 cm³/mol. The van der Waals surface area contributed by atoms with Crippen LogP contribution in [-0.2, 0) is 11.4 Å². The lowest BCUT2D eigenvalue weighted by atomic mass is 10.2. The number of halogens is 1. The number of ether oxygens (including phenoxy) is 1. The number of anilines is 1. The second-order valence-corrected chi connectivity index (χ2v) is 8.45. The molecule has 3 nitrogen and oxygen atoms in total. The molecule has 1 aliphatic rings. The summed E-state index contributed by atoms with van der Waals surface area (Å²) < 4.78 is 6.31. The normalized spacial score (nSPS) is 15.2. The van der Waals surface area contributed by atoms with Crippen molar-refractivity contribution in [2.24, 2.45) is 0 Å². The molecule has 0 saturated carbocycles. The predicted octanol–water partition coefficient (Wildman–Crippen LogP) is 6.32. The highest BCUT2D eigenvalue weighted by Crippen LogP contribution is 2.36. The minimum absolute atomic E-state index is 0.133. The van der Waals surface area contributed by atoms with E-state index in [2.05, 4.69) is 0 Å². The van der Waals surface area contributed by atoms with Gasteiger partial charge in [0.2, 0.25) is 0 Å². The zero-order valence-electron chi connectivity index (χ0n) is 15.2. The molecular weight excluding hydrogens is 422 g/mol. The first-order valence-corrected chi connectivity index (χ1v) is 10.5. The fourth-order valence-electron chi connectivity index (χ4n) is 2.83. The number of thiocarbonyl (C=S) groups is 1. The number of rotatable bonds is 5. The number of hydrogen-bond acceptors (Lipinski definition) is 4. The molecule has 1 saturated heterocycles. The lowest BCUT2D eigenvalue weighted by molar-refractivity contribution is -0.113. The quantitative estimate of drug-likeness (QED) is 0.345. The van der Waals surface area contributed by atoms with Gasteiger partial charge in [-0.1, -0.05) is 78.0 Å². The monoisotopic (exact) mass is 437 g/mol. The topological polar surface area (TPSA) is 29.5 Å². The number of benzene rings is 3. The van der Waals surface area contributed by atoms with Crippen molar-refractivity contribution in [2.75, 3.05) is 4.90 Å². The van der Waals surface area contributed by atoms with Gasteiger partial charge in [0.05, 0.1) is 10.6 Å². The van der Waals surface area contributed by atoms with Crippen LogP contribution in [0.3, 0.4) is 0 Å². The number of hydrogen-bond donors (Lipinski definition) is 0. The molecule has 6 heteroatoms. The summed E-state index contributed by atoms with van der Waals surface area (Å²) in [6, 6.07) is 24.7. The van der Waals surface area contributed by atoms with E-state index in [4.69, 9.17) is 28.6 Å². The van der Waals surface area contributed by atoms with Gasteiger partial charge < -0.3 is 4.74 Å². The zero-order chi connectivity index (χ0) is 20.2. The summed E-state index contributed by atoms with van der Waals surface area (Å²) >= 11 is 12.6. The Morgan fingerprint density at radius 1 is 0.966 bits per heavy atom. The molecule has 0 unspecified atom stereocenters. The molecule has 1 amide bonds. The molecule has 1 heterocycles. The highest BCUT2D eigenvalue weighted by molar-refractivity contribution is 8.27. The van der Waals surface area contributed by atoms with Gasteiger partial charge in [0, 0.05) is 5.02 Å². The van der Waals surface area contributed by atoms with Crippen LogP contribution in [0.4, 0.5) is 5.69 Å². The number of amides is 1. The summed E-state index contributed by atoms with van der Waals surface area (Å²) in [5.74, 6) is 0.645. The van der Waals surface area contributed by atoms with E-state index in [0.29, 0.717) is 26.5 Å². The van der Waals surface area contributed by atoms with Crippen LogP contribution in [0.15, 0.2) is 83.8 Å². The van der Waals surface area contributed by atoms with Gasteiger partial charge in [-0.25, -0.2) is 0 Å². The maximum atomic E-state index is 12.8. The molecule has 0 bridgehead atoms. The van der Waals surface area contributed by atoms with Crippen molar-refractivity contribution in [1.82, 2.24) is 0 Å². The summed E-state index contributed by atoms with van der Waals surface area (Å²) in [4.78, 5) is 14.9. The van der Waals surface area contributed by atoms with Crippen LogP contribution in [0.5, 0.6) is 5.75 Å². The van der Waals surface area contributed by atoms with Gasteiger partial charge in [0.1, 0.15) is 12.4 Å². The molecular formula is C23H16ClNO2S2. The first-order chi connectivity index (χ1) is 14.1. The zero-order valence-corrected chi connectivity index (χ0v) is 17.6. The lowest BCUT2D eigenvalue weighted by Gasteiger charge is -2.14. The molecule has 3 aromatic rings. The van der Waals surface area contributed by atoms with Gasteiger partial charge in [-0.15, -0.1) is 0 Å². The molecule has 0 aromatic heterocycles. The SMILES string of the molecule is O=C1C(=Cc2ccc(OCc3ccccc3)cc2)SC(=S)N1c1ccc(Cl)cc1. The minimum Gasteiger partial charge on any atom is -0.489 e. The van der Waals surface area contributed by atoms with Crippen LogP contribution in [0.25, 0.3) is 6.08 Å². The van der Waals surface area contributed by atoms with Gasteiger partial charge in [0.15, 0.2) is 4.32 Å². The van der Waals surface area contributed by atoms with Crippen molar-refractivity contribution in [3.8, 4) is 5.75 Å². The summed E-state index contributed by atoms with van der Waals surface area (Å²) in [5.41, 5.74) is 2.74. The molecule has 0 radical (unpaired) electrons. The standard InChI is InChI=1S/C23H16ClNO2S2/c24-18-8-10-19(11-9-18)25-22(26)21(29-23(25)28)14-16-6-12-20(13-7-16)27-15-17-4-2-1-3-5-17/h1-14H,15H2. The van der Waals surface area contributed by atoms with Gasteiger partial charge in [-0.3, -0.25) is 9.69 Å². The maximum Gasteiger partial charge on any atom is 0.270 e. The number of carbonyl (C=O) groups excluding carboxylic acids is 1. The van der Waals surface area contributed by atoms with Crippen LogP contribution in [0, 0.1) is 0 Å². The van der Waals surface area contributed by atoms with Crippen LogP contribution in [-0.4, -0.2) is 10.2 Å². The Balaban J connectivity index is 1.45. The molecule has 29 heavy (non-hydrogen) atoms. The van der Waals surface area contributed by atoms with E-state index >= 15 is 0 Å². The second-order valence-electron chi connectivity index (χ2n) is 6.34. The number of thioether (sulfide) groups is 1. The van der Waals surface area contributed by atoms with E-state index in [1.807, 2.05) is 60.7 Å². The lowest BCUT2D eigenvalue weighted by Crippen LogP contribution is -2.27. The van der Waals surface area contributed by atoms with E-state index < -0.39 is 0 Å². The fraction of sp³-hybridized carbons (Fsp3) is 0.0435. The molecule has 0 aliphatic carbocycles. The molecule has 0 atom stereocenters. The minimum atomic E-state index is -0.133. The summed E-state index contributed by atoms with van der Waals surface area (Å²) in [6.07, 6.45) is 1.84. The van der Waals surface area contributed by atoms with Gasteiger partial charge in [-0.05, 0) is 53.6 Å². The second kappa shape index (κ2) is 8.82. The fourth-order valence-corrected chi connectivity index (χ4v) is 4.26. The van der Waals surface area contributed by atoms with Gasteiger partial charge in [0.25, 0.3) is 5.91 Å². The third-order valence-corrected chi connectivity index (χ3v) is 5.86. The summed E-state index contributed by atoms with van der Waals surface area (Å²) in [5, 5.41) is 0.615. The van der Waals surface area contributed by atoms with Gasteiger partial charge in [-0.2, -0.15) is 0 Å². The van der Waals surface area contributed by atoms with Crippen molar-refractivity contribution < 1.29 is 9.53 Å². The molecule has 144 valence electrons. The first-order valence-electron chi connectivity index (χ1n) is 8.90. The van der Waals surface area contributed by atoms with Crippen LogP contribution < -0.4 is 9.64 Å². The molecule has 1 fully saturated rings. The van der Waals surface area contributed by atoms with Crippen LogP contribution in [0.1, 0.15) is 11.1 Å². The van der Waals surface area contributed by atoms with Crippen LogP contribution in [0.2, 0.25) is 5.02 Å². The van der Waals surface area contributed by atoms with Crippen molar-refractivity contribution in [3.63, 3.8) is 0 Å². The Kier molecular flexibility index (Phi) is 6.00. The maximum absolute atomic E-state index is 12.8. The Bertz CT molecular complexity index is 1060. The molecule has 0 spiro atoms. The van der Waals surface area contributed by atoms with Crippen molar-refractivity contribution >= 4 is 57.6 Å². The van der Waals surface area contributed by atoms with Crippen molar-refractivity contribution in [2.45, 2.75) is 6.61 Å². The third-order valence-electron chi connectivity index (χ3n) is 4.30. The van der Waals surface area contributed by atoms with Gasteiger partial charge >= 0.3 is 0 Å². The Labute approximate surface area is 183 Å². The molecule has 4 rings (SSSR count). The van der Waals surface area contributed by atoms with E-state index in [9.17, 15) is 4.79 Å². The number of nitrogens with zero attached hydrogens (tertiary/aromatic N) is 1. The van der Waals surface area contributed by atoms with E-state index in [1.165, 1.54) is 16.7 Å². The van der Waals surface area contributed by atoms with E-state index in [-0.39, 0.29) is 5.91 Å². The first kappa shape index (κ1) is 19.7. The van der Waals surface area contributed by atoms with E-state index in [0.717, 1.165) is 16.9 Å². The van der Waals surface area contributed by atoms with Crippen LogP contribution >= 0.6 is 35.6 Å². The molecule has 0 N–H and O–H groups in total. The molecule has 3 aromatic carbocycles. The van der Waals surface area contributed by atoms with Crippen molar-refractivity contribution in [3.05, 3.63) is 99.9 Å². The smallest absolute Gasteiger partial charge is 0.270 e. The molecule has 1 aliphatic heterocycles. The van der Waals surface area contributed by atoms with E-state index in [1.54, 1.807) is 24.3 Å². The highest BCUT2D eigenvalue weighted by Gasteiger charge is 2.33. The highest BCUT2D eigenvalue weighted by atomic mass is 35.5.